The van der Waals surface area contributed by atoms with Crippen LogP contribution in [-0.2, 0) is 4.79 Å². The molecule has 4 nitrogen and oxygen atoms in total. The molecule has 0 saturated carbocycles. The van der Waals surface area contributed by atoms with Crippen molar-refractivity contribution in [1.29, 1.82) is 0 Å². The van der Waals surface area contributed by atoms with Crippen LogP contribution < -0.4 is 5.32 Å². The monoisotopic (exact) mass is 255 g/mol. The number of halogens is 1. The molecule has 0 fully saturated rings. The molecule has 0 aliphatic heterocycles. The zero-order chi connectivity index (χ0) is 13.7. The van der Waals surface area contributed by atoms with Gasteiger partial charge in [-0.15, -0.1) is 0 Å². The summed E-state index contributed by atoms with van der Waals surface area (Å²) in [6, 6.07) is 4.43. The second-order valence-corrected chi connectivity index (χ2v) is 4.31. The fourth-order valence-electron chi connectivity index (χ4n) is 1.63. The summed E-state index contributed by atoms with van der Waals surface area (Å²) >= 11 is 0. The van der Waals surface area contributed by atoms with Crippen molar-refractivity contribution in [3.05, 3.63) is 35.1 Å². The molecule has 18 heavy (non-hydrogen) atoms. The smallest absolute Gasteiger partial charge is 0.216 e. The third kappa shape index (κ3) is 4.09. The molecule has 100 valence electrons. The van der Waals surface area contributed by atoms with E-state index in [4.69, 9.17) is 0 Å². The molecule has 2 atom stereocenters. The quantitative estimate of drug-likeness (QED) is 0.736. The number of carbonyl (C=O) groups is 1. The number of rotatable bonds is 5. The number of carbonyl (C=O) groups excluding carboxylic acids is 1. The highest BCUT2D eigenvalue weighted by Crippen LogP contribution is 2.22. The lowest BCUT2D eigenvalue weighted by Gasteiger charge is -2.19. The number of benzene rings is 1. The van der Waals surface area contributed by atoms with E-state index < -0.39 is 18.0 Å². The van der Waals surface area contributed by atoms with Crippen LogP contribution in [0.3, 0.4) is 0 Å². The fourth-order valence-corrected chi connectivity index (χ4v) is 1.63. The Morgan fingerprint density at radius 2 is 2.11 bits per heavy atom. The van der Waals surface area contributed by atoms with Crippen LogP contribution in [0, 0.1) is 12.7 Å². The number of hydrogen-bond acceptors (Lipinski definition) is 3. The van der Waals surface area contributed by atoms with E-state index in [-0.39, 0.29) is 24.4 Å². The van der Waals surface area contributed by atoms with E-state index >= 15 is 0 Å². The van der Waals surface area contributed by atoms with Crippen LogP contribution in [0.25, 0.3) is 0 Å². The third-order valence-electron chi connectivity index (χ3n) is 2.65. The van der Waals surface area contributed by atoms with Gasteiger partial charge in [0.1, 0.15) is 11.9 Å². The zero-order valence-corrected chi connectivity index (χ0v) is 10.5. The lowest BCUT2D eigenvalue weighted by Crippen LogP contribution is -2.28. The summed E-state index contributed by atoms with van der Waals surface area (Å²) in [5.41, 5.74) is 0.812. The van der Waals surface area contributed by atoms with Gasteiger partial charge < -0.3 is 15.5 Å². The molecule has 0 aliphatic carbocycles. The van der Waals surface area contributed by atoms with Crippen LogP contribution >= 0.6 is 0 Å². The maximum absolute atomic E-state index is 13.6. The second-order valence-electron chi connectivity index (χ2n) is 4.31. The Labute approximate surface area is 105 Å². The lowest BCUT2D eigenvalue weighted by molar-refractivity contribution is -0.119. The van der Waals surface area contributed by atoms with E-state index in [0.717, 1.165) is 5.56 Å². The topological polar surface area (TPSA) is 69.6 Å². The molecule has 1 aromatic rings. The predicted octanol–water partition coefficient (Wildman–Crippen LogP) is 1.05. The van der Waals surface area contributed by atoms with Gasteiger partial charge in [-0.05, 0) is 25.0 Å². The highest BCUT2D eigenvalue weighted by molar-refractivity contribution is 5.72. The van der Waals surface area contributed by atoms with E-state index in [1.54, 1.807) is 13.0 Å². The van der Waals surface area contributed by atoms with Gasteiger partial charge in [-0.3, -0.25) is 4.79 Å². The Morgan fingerprint density at radius 3 is 2.67 bits per heavy atom. The van der Waals surface area contributed by atoms with Crippen molar-refractivity contribution in [2.45, 2.75) is 32.5 Å². The first-order valence-electron chi connectivity index (χ1n) is 5.78. The lowest BCUT2D eigenvalue weighted by atomic mass is 10.0. The van der Waals surface area contributed by atoms with Crippen LogP contribution in [0.2, 0.25) is 0 Å². The fraction of sp³-hybridized carbons (Fsp3) is 0.462. The minimum Gasteiger partial charge on any atom is -0.390 e. The molecule has 1 aromatic carbocycles. The third-order valence-corrected chi connectivity index (χ3v) is 2.65. The van der Waals surface area contributed by atoms with Gasteiger partial charge in [0, 0.05) is 19.0 Å². The molecule has 0 radical (unpaired) electrons. The number of aliphatic hydroxyl groups is 2. The summed E-state index contributed by atoms with van der Waals surface area (Å²) in [5, 5.41) is 22.0. The van der Waals surface area contributed by atoms with E-state index in [0.29, 0.717) is 0 Å². The summed E-state index contributed by atoms with van der Waals surface area (Å²) in [6.45, 7) is 3.34. The van der Waals surface area contributed by atoms with Gasteiger partial charge in [-0.2, -0.15) is 0 Å². The normalized spacial score (nSPS) is 14.1. The van der Waals surface area contributed by atoms with E-state index in [2.05, 4.69) is 5.32 Å². The summed E-state index contributed by atoms with van der Waals surface area (Å²) in [7, 11) is 0. The SMILES string of the molecule is CC(=O)NCCC(O)C(O)c1ccc(C)cc1F. The van der Waals surface area contributed by atoms with Gasteiger partial charge in [-0.1, -0.05) is 12.1 Å². The van der Waals surface area contributed by atoms with Gasteiger partial charge >= 0.3 is 0 Å². The number of aryl methyl sites for hydroxylation is 1. The number of aliphatic hydroxyl groups excluding tert-OH is 2. The molecule has 0 aliphatic rings. The highest BCUT2D eigenvalue weighted by Gasteiger charge is 2.21. The minimum absolute atomic E-state index is 0.0657. The van der Waals surface area contributed by atoms with E-state index in [1.807, 2.05) is 0 Å². The molecule has 0 bridgehead atoms. The Kier molecular flexibility index (Phi) is 5.25. The summed E-state index contributed by atoms with van der Waals surface area (Å²) in [4.78, 5) is 10.6. The molecule has 0 spiro atoms. The Bertz CT molecular complexity index is 423. The van der Waals surface area contributed by atoms with Crippen LogP contribution in [-0.4, -0.2) is 28.8 Å². The Morgan fingerprint density at radius 1 is 1.44 bits per heavy atom. The Hall–Kier alpha value is -1.46. The van der Waals surface area contributed by atoms with E-state index in [9.17, 15) is 19.4 Å². The molecule has 0 saturated heterocycles. The molecule has 1 amide bonds. The van der Waals surface area contributed by atoms with Crippen molar-refractivity contribution >= 4 is 5.91 Å². The van der Waals surface area contributed by atoms with Crippen LogP contribution in [0.5, 0.6) is 0 Å². The van der Waals surface area contributed by atoms with Crippen molar-refractivity contribution in [1.82, 2.24) is 5.32 Å². The summed E-state index contributed by atoms with van der Waals surface area (Å²) < 4.78 is 13.6. The second kappa shape index (κ2) is 6.47. The van der Waals surface area contributed by atoms with Crippen LogP contribution in [0.1, 0.15) is 30.6 Å². The average Bonchev–Trinajstić information content (AvgIpc) is 2.27. The van der Waals surface area contributed by atoms with E-state index in [1.165, 1.54) is 19.1 Å². The molecule has 3 N–H and O–H groups in total. The largest absolute Gasteiger partial charge is 0.390 e. The number of amides is 1. The van der Waals surface area contributed by atoms with Gasteiger partial charge in [0.25, 0.3) is 0 Å². The molecule has 1 rings (SSSR count). The van der Waals surface area contributed by atoms with Crippen molar-refractivity contribution in [3.63, 3.8) is 0 Å². The highest BCUT2D eigenvalue weighted by atomic mass is 19.1. The van der Waals surface area contributed by atoms with Crippen molar-refractivity contribution < 1.29 is 19.4 Å². The maximum Gasteiger partial charge on any atom is 0.216 e. The molecular formula is C13H18FNO3. The first-order chi connectivity index (χ1) is 8.41. The Balaban J connectivity index is 2.62. The van der Waals surface area contributed by atoms with Crippen molar-refractivity contribution in [3.8, 4) is 0 Å². The predicted molar refractivity (Wildman–Crippen MR) is 65.4 cm³/mol. The first kappa shape index (κ1) is 14.6. The molecule has 2 unspecified atom stereocenters. The van der Waals surface area contributed by atoms with Crippen molar-refractivity contribution in [2.75, 3.05) is 6.54 Å². The average molecular weight is 255 g/mol. The maximum atomic E-state index is 13.6. The van der Waals surface area contributed by atoms with Crippen LogP contribution in [0.4, 0.5) is 4.39 Å². The van der Waals surface area contributed by atoms with Crippen LogP contribution in [0.15, 0.2) is 18.2 Å². The summed E-state index contributed by atoms with van der Waals surface area (Å²) in [5.74, 6) is -0.751. The molecular weight excluding hydrogens is 237 g/mol. The number of nitrogens with one attached hydrogen (secondary N) is 1. The summed E-state index contributed by atoms with van der Waals surface area (Å²) in [6.07, 6.45) is -2.25. The number of hydrogen-bond donors (Lipinski definition) is 3. The van der Waals surface area contributed by atoms with Gasteiger partial charge in [0.2, 0.25) is 5.91 Å². The van der Waals surface area contributed by atoms with Crippen molar-refractivity contribution in [2.24, 2.45) is 0 Å². The molecule has 5 heteroatoms. The first-order valence-corrected chi connectivity index (χ1v) is 5.78. The zero-order valence-electron chi connectivity index (χ0n) is 10.5. The van der Waals surface area contributed by atoms with Gasteiger partial charge in [-0.25, -0.2) is 4.39 Å². The molecule has 0 heterocycles. The van der Waals surface area contributed by atoms with Gasteiger partial charge in [0.15, 0.2) is 0 Å². The molecule has 0 aromatic heterocycles. The van der Waals surface area contributed by atoms with Gasteiger partial charge in [0.05, 0.1) is 6.10 Å². The standard InChI is InChI=1S/C13H18FNO3/c1-8-3-4-10(11(14)7-8)13(18)12(17)5-6-15-9(2)16/h3-4,7,12-13,17-18H,5-6H2,1-2H3,(H,15,16). The minimum atomic E-state index is -1.29.